The van der Waals surface area contributed by atoms with E-state index in [0.717, 1.165) is 18.7 Å². The Morgan fingerprint density at radius 3 is 2.41 bits per heavy atom. The van der Waals surface area contributed by atoms with Crippen molar-refractivity contribution in [2.75, 3.05) is 20.7 Å². The quantitative estimate of drug-likeness (QED) is 0.846. The van der Waals surface area contributed by atoms with Crippen LogP contribution < -0.4 is 10.1 Å². The Labute approximate surface area is 105 Å². The van der Waals surface area contributed by atoms with E-state index in [1.54, 1.807) is 7.11 Å². The van der Waals surface area contributed by atoms with E-state index in [4.69, 9.17) is 4.74 Å². The van der Waals surface area contributed by atoms with Crippen molar-refractivity contribution in [3.8, 4) is 5.75 Å². The summed E-state index contributed by atoms with van der Waals surface area (Å²) in [5.41, 5.74) is 3.98. The summed E-state index contributed by atoms with van der Waals surface area (Å²) in [5.74, 6) is 1.05. The van der Waals surface area contributed by atoms with Crippen molar-refractivity contribution in [2.45, 2.75) is 39.5 Å². The van der Waals surface area contributed by atoms with Crippen LogP contribution in [-0.2, 0) is 5.41 Å². The molecule has 0 saturated carbocycles. The molecule has 1 rings (SSSR count). The predicted octanol–water partition coefficient (Wildman–Crippen LogP) is 3.20. The first-order valence-electron chi connectivity index (χ1n) is 6.23. The van der Waals surface area contributed by atoms with Gasteiger partial charge in [0.05, 0.1) is 7.11 Å². The van der Waals surface area contributed by atoms with Crippen molar-refractivity contribution in [2.24, 2.45) is 0 Å². The second kappa shape index (κ2) is 5.54. The number of methoxy groups -OCH3 is 1. The van der Waals surface area contributed by atoms with E-state index >= 15 is 0 Å². The van der Waals surface area contributed by atoms with Crippen molar-refractivity contribution in [3.05, 3.63) is 28.8 Å². The van der Waals surface area contributed by atoms with E-state index in [2.05, 4.69) is 45.1 Å². The second-order valence-corrected chi connectivity index (χ2v) is 5.33. The number of aryl methyl sites for hydroxylation is 1. The lowest BCUT2D eigenvalue weighted by atomic mass is 9.79. The zero-order valence-electron chi connectivity index (χ0n) is 12.0. The first-order valence-corrected chi connectivity index (χ1v) is 6.23. The number of rotatable bonds is 5. The van der Waals surface area contributed by atoms with Crippen LogP contribution in [0.4, 0.5) is 0 Å². The third kappa shape index (κ3) is 3.01. The van der Waals surface area contributed by atoms with Gasteiger partial charge >= 0.3 is 0 Å². The van der Waals surface area contributed by atoms with E-state index < -0.39 is 0 Å². The summed E-state index contributed by atoms with van der Waals surface area (Å²) >= 11 is 0. The van der Waals surface area contributed by atoms with E-state index in [-0.39, 0.29) is 5.41 Å². The number of hydrogen-bond donors (Lipinski definition) is 1. The van der Waals surface area contributed by atoms with E-state index in [0.29, 0.717) is 0 Å². The molecule has 0 fully saturated rings. The molecular weight excluding hydrogens is 210 g/mol. The summed E-state index contributed by atoms with van der Waals surface area (Å²) in [5, 5.41) is 3.22. The molecule has 1 N–H and O–H groups in total. The van der Waals surface area contributed by atoms with E-state index in [1.807, 2.05) is 7.05 Å². The first-order chi connectivity index (χ1) is 7.94. The molecule has 0 aliphatic heterocycles. The van der Waals surface area contributed by atoms with Crippen LogP contribution in [0.1, 0.15) is 37.0 Å². The van der Waals surface area contributed by atoms with Gasteiger partial charge in [0.2, 0.25) is 0 Å². The van der Waals surface area contributed by atoms with E-state index in [9.17, 15) is 0 Å². The Hall–Kier alpha value is -1.02. The summed E-state index contributed by atoms with van der Waals surface area (Å²) in [6, 6.07) is 4.39. The molecule has 0 saturated heterocycles. The lowest BCUT2D eigenvalue weighted by Gasteiger charge is -2.28. The van der Waals surface area contributed by atoms with Gasteiger partial charge in [0, 0.05) is 5.56 Å². The Bertz CT molecular complexity index is 383. The number of ether oxygens (including phenoxy) is 1. The van der Waals surface area contributed by atoms with Gasteiger partial charge in [-0.3, -0.25) is 0 Å². The van der Waals surface area contributed by atoms with Crippen LogP contribution in [0.25, 0.3) is 0 Å². The maximum Gasteiger partial charge on any atom is 0.125 e. The van der Waals surface area contributed by atoms with Crippen molar-refractivity contribution >= 4 is 0 Å². The molecule has 0 bridgehead atoms. The minimum atomic E-state index is 0.132. The highest BCUT2D eigenvalue weighted by atomic mass is 16.5. The number of hydrogen-bond acceptors (Lipinski definition) is 2. The SMILES string of the molecule is CNCCC(C)(C)c1ccc(C)c(C)c1OC. The molecule has 0 amide bonds. The molecule has 0 aliphatic rings. The summed E-state index contributed by atoms with van der Waals surface area (Å²) in [6.07, 6.45) is 1.10. The van der Waals surface area contributed by atoms with Crippen LogP contribution in [0.5, 0.6) is 5.75 Å². The molecule has 96 valence electrons. The highest BCUT2D eigenvalue weighted by Gasteiger charge is 2.25. The minimum Gasteiger partial charge on any atom is -0.496 e. The molecule has 1 aromatic rings. The lowest BCUT2D eigenvalue weighted by Crippen LogP contribution is -2.24. The van der Waals surface area contributed by atoms with Gasteiger partial charge < -0.3 is 10.1 Å². The topological polar surface area (TPSA) is 21.3 Å². The Morgan fingerprint density at radius 2 is 1.88 bits per heavy atom. The molecule has 0 atom stereocenters. The maximum absolute atomic E-state index is 5.60. The molecule has 17 heavy (non-hydrogen) atoms. The van der Waals surface area contributed by atoms with Crippen molar-refractivity contribution < 1.29 is 4.74 Å². The molecule has 0 aliphatic carbocycles. The van der Waals surface area contributed by atoms with Gasteiger partial charge in [0.25, 0.3) is 0 Å². The average Bonchev–Trinajstić information content (AvgIpc) is 2.29. The van der Waals surface area contributed by atoms with Crippen molar-refractivity contribution in [3.63, 3.8) is 0 Å². The molecule has 0 unspecified atom stereocenters. The fourth-order valence-electron chi connectivity index (χ4n) is 2.16. The van der Waals surface area contributed by atoms with Gasteiger partial charge in [-0.1, -0.05) is 26.0 Å². The lowest BCUT2D eigenvalue weighted by molar-refractivity contribution is 0.381. The molecule has 2 nitrogen and oxygen atoms in total. The number of benzene rings is 1. The van der Waals surface area contributed by atoms with Crippen LogP contribution in [-0.4, -0.2) is 20.7 Å². The largest absolute Gasteiger partial charge is 0.496 e. The molecule has 0 radical (unpaired) electrons. The van der Waals surface area contributed by atoms with Crippen molar-refractivity contribution in [1.29, 1.82) is 0 Å². The number of nitrogens with one attached hydrogen (secondary N) is 1. The maximum atomic E-state index is 5.60. The highest BCUT2D eigenvalue weighted by Crippen LogP contribution is 2.37. The fraction of sp³-hybridized carbons (Fsp3) is 0.600. The van der Waals surface area contributed by atoms with Crippen LogP contribution in [0.2, 0.25) is 0 Å². The highest BCUT2D eigenvalue weighted by molar-refractivity contribution is 5.48. The monoisotopic (exact) mass is 235 g/mol. The van der Waals surface area contributed by atoms with Crippen molar-refractivity contribution in [1.82, 2.24) is 5.32 Å². The Morgan fingerprint density at radius 1 is 1.24 bits per heavy atom. The normalized spacial score (nSPS) is 11.6. The fourth-order valence-corrected chi connectivity index (χ4v) is 2.16. The van der Waals surface area contributed by atoms with Crippen LogP contribution in [0.3, 0.4) is 0 Å². The third-order valence-electron chi connectivity index (χ3n) is 3.61. The summed E-state index contributed by atoms with van der Waals surface area (Å²) in [6.45, 7) is 9.82. The Balaban J connectivity index is 3.16. The second-order valence-electron chi connectivity index (χ2n) is 5.33. The van der Waals surface area contributed by atoms with Gasteiger partial charge in [-0.05, 0) is 50.4 Å². The zero-order valence-corrected chi connectivity index (χ0v) is 12.0. The minimum absolute atomic E-state index is 0.132. The Kier molecular flexibility index (Phi) is 4.58. The predicted molar refractivity (Wildman–Crippen MR) is 74.0 cm³/mol. The van der Waals surface area contributed by atoms with Gasteiger partial charge in [-0.2, -0.15) is 0 Å². The first kappa shape index (κ1) is 14.0. The summed E-state index contributed by atoms with van der Waals surface area (Å²) < 4.78 is 5.60. The smallest absolute Gasteiger partial charge is 0.125 e. The summed E-state index contributed by atoms with van der Waals surface area (Å²) in [7, 11) is 3.76. The van der Waals surface area contributed by atoms with Gasteiger partial charge in [0.15, 0.2) is 0 Å². The standard InChI is InChI=1S/C15H25NO/c1-11-7-8-13(14(17-6)12(11)2)15(3,4)9-10-16-5/h7-8,16H,9-10H2,1-6H3. The summed E-state index contributed by atoms with van der Waals surface area (Å²) in [4.78, 5) is 0. The molecule has 2 heteroatoms. The molecular formula is C15H25NO. The molecule has 0 spiro atoms. The van der Waals surface area contributed by atoms with Crippen LogP contribution in [0, 0.1) is 13.8 Å². The van der Waals surface area contributed by atoms with Gasteiger partial charge in [-0.15, -0.1) is 0 Å². The third-order valence-corrected chi connectivity index (χ3v) is 3.61. The van der Waals surface area contributed by atoms with Gasteiger partial charge in [0.1, 0.15) is 5.75 Å². The molecule has 1 aromatic carbocycles. The van der Waals surface area contributed by atoms with Gasteiger partial charge in [-0.25, -0.2) is 0 Å². The average molecular weight is 235 g/mol. The molecule has 0 heterocycles. The van der Waals surface area contributed by atoms with Crippen LogP contribution >= 0.6 is 0 Å². The van der Waals surface area contributed by atoms with Crippen LogP contribution in [0.15, 0.2) is 12.1 Å². The zero-order chi connectivity index (χ0) is 13.1. The molecule has 0 aromatic heterocycles. The van der Waals surface area contributed by atoms with E-state index in [1.165, 1.54) is 16.7 Å².